The topological polar surface area (TPSA) is 57.0 Å². The van der Waals surface area contributed by atoms with Gasteiger partial charge in [0.25, 0.3) is 0 Å². The highest BCUT2D eigenvalue weighted by Crippen LogP contribution is 2.17. The van der Waals surface area contributed by atoms with Gasteiger partial charge in [-0.2, -0.15) is 5.10 Å². The van der Waals surface area contributed by atoms with Gasteiger partial charge in [-0.3, -0.25) is 4.98 Å². The van der Waals surface area contributed by atoms with Crippen molar-refractivity contribution in [1.82, 2.24) is 14.8 Å². The Kier molecular flexibility index (Phi) is 5.20. The normalized spacial score (nSPS) is 11.2. The molecule has 5 nitrogen and oxygen atoms in total. The van der Waals surface area contributed by atoms with Gasteiger partial charge in [0.1, 0.15) is 6.61 Å². The van der Waals surface area contributed by atoms with E-state index in [2.05, 4.69) is 10.1 Å². The number of aromatic nitrogens is 3. The molecule has 0 N–H and O–H groups in total. The fraction of sp³-hybridized carbons (Fsp3) is 0.125. The highest BCUT2D eigenvalue weighted by atomic mass is 16.5. The number of aryl methyl sites for hydroxylation is 2. The lowest BCUT2D eigenvalue weighted by molar-refractivity contribution is -0.138. The van der Waals surface area contributed by atoms with Crippen LogP contribution in [0.5, 0.6) is 0 Å². The Hall–Kier alpha value is -3.73. The lowest BCUT2D eigenvalue weighted by atomic mass is 10.1. The van der Waals surface area contributed by atoms with Gasteiger partial charge >= 0.3 is 5.97 Å². The minimum absolute atomic E-state index is 0.217. The predicted molar refractivity (Wildman–Crippen MR) is 114 cm³/mol. The van der Waals surface area contributed by atoms with Crippen LogP contribution in [-0.2, 0) is 16.1 Å². The number of esters is 1. The molecule has 2 aromatic carbocycles. The van der Waals surface area contributed by atoms with Crippen LogP contribution in [0.25, 0.3) is 22.7 Å². The third-order valence-corrected chi connectivity index (χ3v) is 4.63. The Morgan fingerprint density at radius 3 is 2.62 bits per heavy atom. The molecule has 0 aliphatic heterocycles. The zero-order valence-electron chi connectivity index (χ0n) is 16.4. The monoisotopic (exact) mass is 383 g/mol. The van der Waals surface area contributed by atoms with E-state index in [1.54, 1.807) is 12.3 Å². The Labute approximate surface area is 169 Å². The minimum Gasteiger partial charge on any atom is -0.458 e. The quantitative estimate of drug-likeness (QED) is 0.367. The molecule has 2 heterocycles. The van der Waals surface area contributed by atoms with Gasteiger partial charge in [-0.05, 0) is 49.8 Å². The number of benzene rings is 2. The number of carbonyl (C=O) groups excluding carboxylic acids is 1. The standard InChI is InChI=1S/C24H21N3O2/c1-17-15-18(2)27(26-17)22-11-8-19(9-12-22)16-29-23(28)13-10-21-6-3-5-20-7-4-14-25-24(20)21/h3-15H,16H2,1-2H3/b13-10+. The van der Waals surface area contributed by atoms with Crippen molar-refractivity contribution in [3.63, 3.8) is 0 Å². The van der Waals surface area contributed by atoms with E-state index >= 15 is 0 Å². The summed E-state index contributed by atoms with van der Waals surface area (Å²) in [5.74, 6) is -0.388. The fourth-order valence-corrected chi connectivity index (χ4v) is 3.25. The Bertz CT molecular complexity index is 1190. The van der Waals surface area contributed by atoms with Crippen LogP contribution < -0.4 is 0 Å². The van der Waals surface area contributed by atoms with Crippen molar-refractivity contribution in [2.75, 3.05) is 0 Å². The number of para-hydroxylation sites is 1. The van der Waals surface area contributed by atoms with Gasteiger partial charge in [0, 0.05) is 28.9 Å². The lowest BCUT2D eigenvalue weighted by Crippen LogP contribution is -2.02. The average molecular weight is 383 g/mol. The summed E-state index contributed by atoms with van der Waals surface area (Å²) in [7, 11) is 0. The summed E-state index contributed by atoms with van der Waals surface area (Å²) in [4.78, 5) is 16.5. The average Bonchev–Trinajstić information content (AvgIpc) is 3.09. The zero-order valence-corrected chi connectivity index (χ0v) is 16.4. The molecule has 0 atom stereocenters. The molecule has 0 saturated carbocycles. The third kappa shape index (κ3) is 4.24. The molecular formula is C24H21N3O2. The third-order valence-electron chi connectivity index (χ3n) is 4.63. The van der Waals surface area contributed by atoms with Crippen LogP contribution in [0.4, 0.5) is 0 Å². The maximum atomic E-state index is 12.1. The van der Waals surface area contributed by atoms with Crippen molar-refractivity contribution < 1.29 is 9.53 Å². The molecule has 0 fully saturated rings. The summed E-state index contributed by atoms with van der Waals surface area (Å²) in [5, 5.41) is 5.51. The number of ether oxygens (including phenoxy) is 1. The first kappa shape index (κ1) is 18.6. The van der Waals surface area contributed by atoms with E-state index in [4.69, 9.17) is 4.74 Å². The maximum absolute atomic E-state index is 12.1. The van der Waals surface area contributed by atoms with Crippen LogP contribution >= 0.6 is 0 Å². The van der Waals surface area contributed by atoms with Crippen LogP contribution in [0.1, 0.15) is 22.5 Å². The molecule has 5 heteroatoms. The van der Waals surface area contributed by atoms with Crippen molar-refractivity contribution in [1.29, 1.82) is 0 Å². The smallest absolute Gasteiger partial charge is 0.331 e. The summed E-state index contributed by atoms with van der Waals surface area (Å²) in [6, 6.07) is 19.6. The van der Waals surface area contributed by atoms with Gasteiger partial charge in [-0.25, -0.2) is 9.48 Å². The number of nitrogens with zero attached hydrogens (tertiary/aromatic N) is 3. The molecular weight excluding hydrogens is 362 g/mol. The highest BCUT2D eigenvalue weighted by Gasteiger charge is 2.05. The number of pyridine rings is 1. The van der Waals surface area contributed by atoms with E-state index in [0.717, 1.165) is 39.1 Å². The Morgan fingerprint density at radius 1 is 1.07 bits per heavy atom. The second-order valence-corrected chi connectivity index (χ2v) is 6.87. The number of hydrogen-bond acceptors (Lipinski definition) is 4. The highest BCUT2D eigenvalue weighted by molar-refractivity contribution is 5.92. The SMILES string of the molecule is Cc1cc(C)n(-c2ccc(COC(=O)/C=C/c3cccc4cccnc34)cc2)n1. The summed E-state index contributed by atoms with van der Waals surface area (Å²) in [6.07, 6.45) is 4.92. The second-order valence-electron chi connectivity index (χ2n) is 6.87. The first-order valence-corrected chi connectivity index (χ1v) is 9.41. The molecule has 0 amide bonds. The fourth-order valence-electron chi connectivity index (χ4n) is 3.25. The number of hydrogen-bond donors (Lipinski definition) is 0. The molecule has 0 unspecified atom stereocenters. The van der Waals surface area contributed by atoms with Crippen molar-refractivity contribution >= 4 is 22.9 Å². The van der Waals surface area contributed by atoms with Gasteiger partial charge < -0.3 is 4.74 Å². The summed E-state index contributed by atoms with van der Waals surface area (Å²) in [6.45, 7) is 4.21. The summed E-state index contributed by atoms with van der Waals surface area (Å²) in [5.41, 5.74) is 5.70. The van der Waals surface area contributed by atoms with Crippen LogP contribution in [0.2, 0.25) is 0 Å². The molecule has 0 aliphatic carbocycles. The molecule has 2 aromatic heterocycles. The summed E-state index contributed by atoms with van der Waals surface area (Å²) < 4.78 is 7.26. The molecule has 0 radical (unpaired) electrons. The predicted octanol–water partition coefficient (Wildman–Crippen LogP) is 4.79. The van der Waals surface area contributed by atoms with Gasteiger partial charge in [0.15, 0.2) is 0 Å². The number of rotatable bonds is 5. The van der Waals surface area contributed by atoms with E-state index in [0.29, 0.717) is 0 Å². The molecule has 4 aromatic rings. The molecule has 0 saturated heterocycles. The summed E-state index contributed by atoms with van der Waals surface area (Å²) >= 11 is 0. The lowest BCUT2D eigenvalue weighted by Gasteiger charge is -2.06. The largest absolute Gasteiger partial charge is 0.458 e. The molecule has 0 spiro atoms. The van der Waals surface area contributed by atoms with E-state index in [9.17, 15) is 4.79 Å². The van der Waals surface area contributed by atoms with Gasteiger partial charge in [-0.15, -0.1) is 0 Å². The second kappa shape index (κ2) is 8.10. The van der Waals surface area contributed by atoms with Crippen LogP contribution in [0.3, 0.4) is 0 Å². The van der Waals surface area contributed by atoms with Gasteiger partial charge in [-0.1, -0.05) is 36.4 Å². The van der Waals surface area contributed by atoms with Gasteiger partial charge in [0.2, 0.25) is 0 Å². The number of fused-ring (bicyclic) bond motifs is 1. The molecule has 144 valence electrons. The van der Waals surface area contributed by atoms with E-state index in [1.807, 2.05) is 79.2 Å². The van der Waals surface area contributed by atoms with Crippen LogP contribution in [0.15, 0.2) is 72.9 Å². The first-order valence-electron chi connectivity index (χ1n) is 9.41. The molecule has 0 bridgehead atoms. The first-order chi connectivity index (χ1) is 14.1. The van der Waals surface area contributed by atoms with Crippen molar-refractivity contribution in [3.05, 3.63) is 95.5 Å². The van der Waals surface area contributed by atoms with E-state index in [1.165, 1.54) is 6.08 Å². The molecule has 0 aliphatic rings. The van der Waals surface area contributed by atoms with Crippen LogP contribution in [0, 0.1) is 13.8 Å². The van der Waals surface area contributed by atoms with E-state index < -0.39 is 0 Å². The van der Waals surface area contributed by atoms with Crippen LogP contribution in [-0.4, -0.2) is 20.7 Å². The molecule has 29 heavy (non-hydrogen) atoms. The molecule has 4 rings (SSSR count). The van der Waals surface area contributed by atoms with Crippen molar-refractivity contribution in [3.8, 4) is 5.69 Å². The zero-order chi connectivity index (χ0) is 20.2. The van der Waals surface area contributed by atoms with E-state index in [-0.39, 0.29) is 12.6 Å². The van der Waals surface area contributed by atoms with Crippen molar-refractivity contribution in [2.45, 2.75) is 20.5 Å². The Morgan fingerprint density at radius 2 is 1.86 bits per heavy atom. The maximum Gasteiger partial charge on any atom is 0.331 e. The number of carbonyl (C=O) groups is 1. The van der Waals surface area contributed by atoms with Gasteiger partial charge in [0.05, 0.1) is 16.9 Å². The van der Waals surface area contributed by atoms with Crippen molar-refractivity contribution in [2.24, 2.45) is 0 Å². The minimum atomic E-state index is -0.388. The Balaban J connectivity index is 1.39.